The average molecular weight is 545 g/mol. The second-order valence-corrected chi connectivity index (χ2v) is 5.62. The average Bonchev–Trinajstić information content (AvgIpc) is 3.43. The molecule has 2 atom stereocenters. The Labute approximate surface area is 201 Å². The first-order valence-electron chi connectivity index (χ1n) is 8.55. The van der Waals surface area contributed by atoms with Crippen LogP contribution in [0.25, 0.3) is 12.2 Å². The van der Waals surface area contributed by atoms with Crippen molar-refractivity contribution < 1.29 is 54.6 Å². The van der Waals surface area contributed by atoms with Gasteiger partial charge in [0.15, 0.2) is 6.10 Å². The molecule has 0 saturated heterocycles. The van der Waals surface area contributed by atoms with Crippen molar-refractivity contribution in [2.45, 2.75) is 12.5 Å². The molecule has 16 heteroatoms. The van der Waals surface area contributed by atoms with Gasteiger partial charge in [-0.05, 0) is 24.3 Å². The molecule has 2 heterocycles. The third kappa shape index (κ3) is 15.5. The molecule has 34 heavy (non-hydrogen) atoms. The smallest absolute Gasteiger partial charge is 0.545 e. The zero-order valence-corrected chi connectivity index (χ0v) is 18.6. The quantitative estimate of drug-likeness (QED) is 0.132. The fourth-order valence-electron chi connectivity index (χ4n) is 1.73. The van der Waals surface area contributed by atoms with Crippen molar-refractivity contribution in [2.24, 2.45) is 5.92 Å². The van der Waals surface area contributed by atoms with Crippen LogP contribution in [0.1, 0.15) is 17.8 Å². The normalized spacial score (nSPS) is 11.7. The van der Waals surface area contributed by atoms with Crippen molar-refractivity contribution in [3.05, 3.63) is 48.6 Å². The molecular formula is C18H18N4O11Se. The second-order valence-electron chi connectivity index (χ2n) is 5.62. The van der Waals surface area contributed by atoms with E-state index in [9.17, 15) is 34.2 Å². The molecule has 2 aromatic rings. The molecular weight excluding hydrogens is 527 g/mol. The maximum atomic E-state index is 10.3. The van der Waals surface area contributed by atoms with Gasteiger partial charge >= 0.3 is 35.0 Å². The van der Waals surface area contributed by atoms with E-state index < -0.39 is 48.3 Å². The van der Waals surface area contributed by atoms with Crippen LogP contribution in [0.5, 0.6) is 0 Å². The summed E-state index contributed by atoms with van der Waals surface area (Å²) in [4.78, 5) is 63.1. The summed E-state index contributed by atoms with van der Waals surface area (Å²) in [7, 11) is 0. The molecule has 182 valence electrons. The van der Waals surface area contributed by atoms with E-state index in [-0.39, 0.29) is 17.1 Å². The van der Waals surface area contributed by atoms with E-state index in [4.69, 9.17) is 20.4 Å². The van der Waals surface area contributed by atoms with Gasteiger partial charge in [-0.1, -0.05) is 0 Å². The van der Waals surface area contributed by atoms with Crippen molar-refractivity contribution >= 4 is 59.1 Å². The Kier molecular flexibility index (Phi) is 16.2. The molecule has 0 amide bonds. The second kappa shape index (κ2) is 17.3. The third-order valence-electron chi connectivity index (χ3n) is 3.16. The van der Waals surface area contributed by atoms with Gasteiger partial charge in [-0.2, -0.15) is 0 Å². The summed E-state index contributed by atoms with van der Waals surface area (Å²) in [5, 5.41) is 53.2. The Balaban J connectivity index is 0. The summed E-state index contributed by atoms with van der Waals surface area (Å²) in [5.41, 5.74) is 1.15. The monoisotopic (exact) mass is 546 g/mol. The van der Waals surface area contributed by atoms with E-state index in [0.717, 1.165) is 12.2 Å². The minimum atomic E-state index is -2.20. The first kappa shape index (κ1) is 31.9. The number of carbonyl (C=O) groups excluding carboxylic acids is 2. The largest absolute Gasteiger partial charge is 2.00 e. The molecule has 0 aliphatic rings. The number of aromatic amines is 2. The first-order valence-corrected chi connectivity index (χ1v) is 8.55. The molecule has 0 saturated carbocycles. The summed E-state index contributed by atoms with van der Waals surface area (Å²) in [6.45, 7) is 0. The predicted molar refractivity (Wildman–Crippen MR) is 108 cm³/mol. The fourth-order valence-corrected chi connectivity index (χ4v) is 1.73. The van der Waals surface area contributed by atoms with Gasteiger partial charge in [0.1, 0.15) is 5.92 Å². The maximum absolute atomic E-state index is 10.3. The number of aliphatic carboxylic acids is 5. The molecule has 2 aromatic heterocycles. The van der Waals surface area contributed by atoms with Crippen molar-refractivity contribution in [3.63, 3.8) is 0 Å². The van der Waals surface area contributed by atoms with Crippen molar-refractivity contribution in [1.82, 2.24) is 19.9 Å². The summed E-state index contributed by atoms with van der Waals surface area (Å²) >= 11 is 0. The van der Waals surface area contributed by atoms with Gasteiger partial charge in [0.25, 0.3) is 0 Å². The standard InChI is InChI=1S/2C6H6N2O2.C6H8O7.Se/c2*9-6(10)2-1-5-3-7-4-8-5;7-3(8)1-2(5(10)11)4(9)6(12)13;/h2*1-4H,(H,7,8)(H,9,10);2,4,9H,1H2,(H,7,8)(H,10,11)(H,12,13);/q;;;+2/p-2. The van der Waals surface area contributed by atoms with E-state index >= 15 is 0 Å². The van der Waals surface area contributed by atoms with Crippen LogP contribution in [0.3, 0.4) is 0 Å². The molecule has 0 bridgehead atoms. The summed E-state index contributed by atoms with van der Waals surface area (Å²) in [6, 6.07) is 0. The molecule has 0 spiro atoms. The summed E-state index contributed by atoms with van der Waals surface area (Å²) in [5.74, 6) is -9.15. The van der Waals surface area contributed by atoms with Crippen LogP contribution < -0.4 is 10.2 Å². The Morgan fingerprint density at radius 2 is 1.26 bits per heavy atom. The molecule has 6 N–H and O–H groups in total. The molecule has 15 nitrogen and oxygen atoms in total. The van der Waals surface area contributed by atoms with Crippen molar-refractivity contribution in [3.8, 4) is 0 Å². The van der Waals surface area contributed by atoms with Crippen LogP contribution in [-0.4, -0.2) is 93.4 Å². The van der Waals surface area contributed by atoms with E-state index in [1.165, 1.54) is 24.8 Å². The number of hydrogen-bond donors (Lipinski definition) is 6. The van der Waals surface area contributed by atoms with Crippen molar-refractivity contribution in [2.75, 3.05) is 0 Å². The van der Waals surface area contributed by atoms with Gasteiger partial charge in [-0.25, -0.2) is 14.8 Å². The minimum Gasteiger partial charge on any atom is -0.545 e. The molecule has 0 aliphatic heterocycles. The van der Waals surface area contributed by atoms with Gasteiger partial charge in [0.2, 0.25) is 0 Å². The molecule has 0 aromatic carbocycles. The molecule has 2 unspecified atom stereocenters. The van der Waals surface area contributed by atoms with E-state index in [1.54, 1.807) is 12.4 Å². The Morgan fingerprint density at radius 3 is 1.50 bits per heavy atom. The topological polar surface area (TPSA) is 270 Å². The number of aromatic nitrogens is 4. The fraction of sp³-hybridized carbons (Fsp3) is 0.167. The van der Waals surface area contributed by atoms with E-state index in [2.05, 4.69) is 19.9 Å². The molecule has 0 fully saturated rings. The number of aliphatic hydroxyl groups is 1. The van der Waals surface area contributed by atoms with E-state index in [1.807, 2.05) is 0 Å². The first-order chi connectivity index (χ1) is 15.4. The predicted octanol–water partition coefficient (Wildman–Crippen LogP) is -3.43. The number of carboxylic acids is 5. The summed E-state index contributed by atoms with van der Waals surface area (Å²) in [6.07, 6.45) is 7.53. The van der Waals surface area contributed by atoms with Gasteiger partial charge in [0.05, 0.1) is 42.4 Å². The number of nitrogens with one attached hydrogen (secondary N) is 2. The number of nitrogens with zero attached hydrogens (tertiary/aromatic N) is 2. The molecule has 0 aliphatic carbocycles. The maximum Gasteiger partial charge on any atom is 2.00 e. The number of aliphatic hydroxyl groups excluding tert-OH is 1. The third-order valence-corrected chi connectivity index (χ3v) is 3.16. The van der Waals surface area contributed by atoms with E-state index in [0.29, 0.717) is 11.4 Å². The summed E-state index contributed by atoms with van der Waals surface area (Å²) < 4.78 is 0. The van der Waals surface area contributed by atoms with Crippen molar-refractivity contribution in [1.29, 1.82) is 0 Å². The van der Waals surface area contributed by atoms with Gasteiger partial charge < -0.3 is 50.2 Å². The number of rotatable bonds is 9. The van der Waals surface area contributed by atoms with Crippen LogP contribution in [-0.2, 0) is 24.0 Å². The number of H-pyrrole nitrogens is 2. The van der Waals surface area contributed by atoms with Crippen LogP contribution in [0, 0.1) is 5.92 Å². The van der Waals surface area contributed by atoms with Crippen LogP contribution >= 0.6 is 0 Å². The SMILES string of the molecule is O=C(O)CC(C(=O)O)C(O)C(=O)O.O=C([O-])C=Cc1c[nH]cn1.O=C([O-])C=Cc1c[nH]cn1.[Se+2]. The number of imidazole rings is 2. The zero-order chi connectivity index (χ0) is 25.4. The minimum absolute atomic E-state index is 0. The number of hydrogen-bond acceptors (Lipinski definition) is 10. The molecule has 4 radical (unpaired) electrons. The van der Waals surface area contributed by atoms with Crippen LogP contribution in [0.4, 0.5) is 0 Å². The van der Waals surface area contributed by atoms with Gasteiger partial charge in [-0.3, -0.25) is 9.59 Å². The number of carbonyl (C=O) groups is 5. The van der Waals surface area contributed by atoms with Crippen LogP contribution in [0.15, 0.2) is 37.2 Å². The van der Waals surface area contributed by atoms with Gasteiger partial charge in [0, 0.05) is 12.4 Å². The molecule has 2 rings (SSSR count). The van der Waals surface area contributed by atoms with Crippen LogP contribution in [0.2, 0.25) is 0 Å². The number of carboxylic acid groups (broad SMARTS) is 5. The Morgan fingerprint density at radius 1 is 0.853 bits per heavy atom. The van der Waals surface area contributed by atoms with Gasteiger partial charge in [-0.15, -0.1) is 0 Å². The Bertz CT molecular complexity index is 918. The Hall–Kier alpha value is -4.27. The zero-order valence-electron chi connectivity index (χ0n) is 16.9.